The van der Waals surface area contributed by atoms with Gasteiger partial charge >= 0.3 is 0 Å². The quantitative estimate of drug-likeness (QED) is 0.925. The van der Waals surface area contributed by atoms with Crippen molar-refractivity contribution >= 4 is 11.7 Å². The number of rotatable bonds is 4. The average Bonchev–Trinajstić information content (AvgIpc) is 2.80. The van der Waals surface area contributed by atoms with Crippen LogP contribution in [-0.4, -0.2) is 15.7 Å². The zero-order valence-corrected chi connectivity index (χ0v) is 11.5. The van der Waals surface area contributed by atoms with Crippen molar-refractivity contribution in [3.63, 3.8) is 0 Å². The van der Waals surface area contributed by atoms with Crippen LogP contribution in [0.3, 0.4) is 0 Å². The first-order valence-electron chi connectivity index (χ1n) is 6.45. The Kier molecular flexibility index (Phi) is 4.16. The van der Waals surface area contributed by atoms with E-state index in [1.165, 1.54) is 4.68 Å². The molecule has 0 saturated carbocycles. The highest BCUT2D eigenvalue weighted by atomic mass is 16.2. The maximum Gasteiger partial charge on any atom is 0.233 e. The first-order chi connectivity index (χ1) is 9.65. The lowest BCUT2D eigenvalue weighted by molar-refractivity contribution is -0.117. The van der Waals surface area contributed by atoms with Crippen LogP contribution in [0.4, 0.5) is 5.82 Å². The second kappa shape index (κ2) is 6.02. The van der Waals surface area contributed by atoms with Gasteiger partial charge in [-0.1, -0.05) is 37.3 Å². The molecule has 0 aliphatic heterocycles. The summed E-state index contributed by atoms with van der Waals surface area (Å²) >= 11 is 0. The minimum absolute atomic E-state index is 0.145. The van der Waals surface area contributed by atoms with Gasteiger partial charge in [-0.25, -0.2) is 0 Å². The van der Waals surface area contributed by atoms with Crippen molar-refractivity contribution in [3.05, 3.63) is 47.7 Å². The van der Waals surface area contributed by atoms with E-state index < -0.39 is 0 Å². The molecule has 5 nitrogen and oxygen atoms in total. The smallest absolute Gasteiger partial charge is 0.233 e. The van der Waals surface area contributed by atoms with Gasteiger partial charge in [0.25, 0.3) is 0 Å². The van der Waals surface area contributed by atoms with Crippen LogP contribution in [0.2, 0.25) is 0 Å². The van der Waals surface area contributed by atoms with E-state index in [0.29, 0.717) is 17.8 Å². The number of aromatic nitrogens is 2. The number of hydrogen-bond acceptors (Lipinski definition) is 3. The SMILES string of the molecule is CCC(C(=O)Nc1nn(C)cc1C#N)c1ccccc1. The molecule has 0 aliphatic rings. The fraction of sp³-hybridized carbons (Fsp3) is 0.267. The zero-order chi connectivity index (χ0) is 14.5. The molecule has 5 heteroatoms. The molecule has 0 radical (unpaired) electrons. The molecule has 0 saturated heterocycles. The summed E-state index contributed by atoms with van der Waals surface area (Å²) in [7, 11) is 1.71. The molecule has 0 fully saturated rings. The van der Waals surface area contributed by atoms with Crippen LogP contribution in [0.5, 0.6) is 0 Å². The number of benzene rings is 1. The van der Waals surface area contributed by atoms with Crippen LogP contribution in [-0.2, 0) is 11.8 Å². The maximum atomic E-state index is 12.4. The summed E-state index contributed by atoms with van der Waals surface area (Å²) < 4.78 is 1.51. The first kappa shape index (κ1) is 13.8. The Balaban J connectivity index is 2.20. The molecular formula is C15H16N4O. The van der Waals surface area contributed by atoms with Gasteiger partial charge in [-0.3, -0.25) is 9.48 Å². The number of anilines is 1. The zero-order valence-electron chi connectivity index (χ0n) is 11.5. The fourth-order valence-electron chi connectivity index (χ4n) is 2.12. The number of carbonyl (C=O) groups is 1. The van der Waals surface area contributed by atoms with Crippen molar-refractivity contribution in [2.45, 2.75) is 19.3 Å². The van der Waals surface area contributed by atoms with Gasteiger partial charge in [0.2, 0.25) is 5.91 Å². The number of nitriles is 1. The van der Waals surface area contributed by atoms with E-state index in [4.69, 9.17) is 5.26 Å². The Morgan fingerprint density at radius 1 is 1.45 bits per heavy atom. The van der Waals surface area contributed by atoms with Crippen LogP contribution in [0.1, 0.15) is 30.4 Å². The molecule has 1 aromatic heterocycles. The summed E-state index contributed by atoms with van der Waals surface area (Å²) in [4.78, 5) is 12.4. The molecule has 0 bridgehead atoms. The lowest BCUT2D eigenvalue weighted by atomic mass is 9.96. The number of aryl methyl sites for hydroxylation is 1. The lowest BCUT2D eigenvalue weighted by Crippen LogP contribution is -2.21. The van der Waals surface area contributed by atoms with E-state index in [2.05, 4.69) is 10.4 Å². The molecule has 0 spiro atoms. The summed E-state index contributed by atoms with van der Waals surface area (Å²) in [6.45, 7) is 1.96. The highest BCUT2D eigenvalue weighted by molar-refractivity contribution is 5.95. The van der Waals surface area contributed by atoms with Gasteiger partial charge in [-0.15, -0.1) is 0 Å². The maximum absolute atomic E-state index is 12.4. The van der Waals surface area contributed by atoms with Crippen molar-refractivity contribution in [1.29, 1.82) is 5.26 Å². The first-order valence-corrected chi connectivity index (χ1v) is 6.45. The number of nitrogens with one attached hydrogen (secondary N) is 1. The molecule has 1 amide bonds. The van der Waals surface area contributed by atoms with Crippen LogP contribution < -0.4 is 5.32 Å². The number of carbonyl (C=O) groups excluding carboxylic acids is 1. The summed E-state index contributed by atoms with van der Waals surface area (Å²) in [5.74, 6) is -0.0759. The molecule has 0 aliphatic carbocycles. The third-order valence-electron chi connectivity index (χ3n) is 3.12. The topological polar surface area (TPSA) is 70.7 Å². The Bertz CT molecular complexity index is 640. The molecule has 1 N–H and O–H groups in total. The number of hydrogen-bond donors (Lipinski definition) is 1. The van der Waals surface area contributed by atoms with Crippen LogP contribution >= 0.6 is 0 Å². The van der Waals surface area contributed by atoms with E-state index in [-0.39, 0.29) is 11.8 Å². The largest absolute Gasteiger partial charge is 0.308 e. The highest BCUT2D eigenvalue weighted by Crippen LogP contribution is 2.22. The van der Waals surface area contributed by atoms with Crippen molar-refractivity contribution in [2.24, 2.45) is 7.05 Å². The highest BCUT2D eigenvalue weighted by Gasteiger charge is 2.20. The number of nitrogens with zero attached hydrogens (tertiary/aromatic N) is 3. The lowest BCUT2D eigenvalue weighted by Gasteiger charge is -2.14. The minimum atomic E-state index is -0.246. The third-order valence-corrected chi connectivity index (χ3v) is 3.12. The van der Waals surface area contributed by atoms with Gasteiger partial charge in [0.1, 0.15) is 11.6 Å². The van der Waals surface area contributed by atoms with Crippen LogP contribution in [0.15, 0.2) is 36.5 Å². The summed E-state index contributed by atoms with van der Waals surface area (Å²) in [5.41, 5.74) is 1.32. The van der Waals surface area contributed by atoms with E-state index >= 15 is 0 Å². The minimum Gasteiger partial charge on any atom is -0.308 e. The monoisotopic (exact) mass is 268 g/mol. The Morgan fingerprint density at radius 3 is 2.75 bits per heavy atom. The molecule has 1 aromatic carbocycles. The van der Waals surface area contributed by atoms with E-state index in [1.54, 1.807) is 13.2 Å². The predicted octanol–water partition coefficient (Wildman–Crippen LogP) is 2.42. The predicted molar refractivity (Wildman–Crippen MR) is 76.0 cm³/mol. The van der Waals surface area contributed by atoms with E-state index in [0.717, 1.165) is 5.56 Å². The van der Waals surface area contributed by atoms with Gasteiger partial charge in [-0.2, -0.15) is 10.4 Å². The van der Waals surface area contributed by atoms with Crippen molar-refractivity contribution in [2.75, 3.05) is 5.32 Å². The van der Waals surface area contributed by atoms with Crippen molar-refractivity contribution in [3.8, 4) is 6.07 Å². The van der Waals surface area contributed by atoms with Gasteiger partial charge in [0.05, 0.1) is 5.92 Å². The molecule has 1 heterocycles. The van der Waals surface area contributed by atoms with Gasteiger partial charge in [0, 0.05) is 13.2 Å². The molecule has 2 aromatic rings. The van der Waals surface area contributed by atoms with Gasteiger partial charge < -0.3 is 5.32 Å². The Labute approximate surface area is 117 Å². The second-order valence-electron chi connectivity index (χ2n) is 4.54. The van der Waals surface area contributed by atoms with Crippen LogP contribution in [0.25, 0.3) is 0 Å². The molecule has 1 unspecified atom stereocenters. The molecule has 2 rings (SSSR count). The molecule has 102 valence electrons. The van der Waals surface area contributed by atoms with Crippen molar-refractivity contribution in [1.82, 2.24) is 9.78 Å². The average molecular weight is 268 g/mol. The second-order valence-corrected chi connectivity index (χ2v) is 4.54. The van der Waals surface area contributed by atoms with E-state index in [9.17, 15) is 4.79 Å². The molecular weight excluding hydrogens is 252 g/mol. The summed E-state index contributed by atoms with van der Waals surface area (Å²) in [6, 6.07) is 11.6. The van der Waals surface area contributed by atoms with Crippen LogP contribution in [0, 0.1) is 11.3 Å². The molecule has 20 heavy (non-hydrogen) atoms. The van der Waals surface area contributed by atoms with Gasteiger partial charge in [-0.05, 0) is 12.0 Å². The number of amides is 1. The third kappa shape index (κ3) is 2.86. The van der Waals surface area contributed by atoms with Crippen molar-refractivity contribution < 1.29 is 4.79 Å². The summed E-state index contributed by atoms with van der Waals surface area (Å²) in [5, 5.41) is 15.8. The van der Waals surface area contributed by atoms with E-state index in [1.807, 2.05) is 43.3 Å². The molecule has 1 atom stereocenters. The Morgan fingerprint density at radius 2 is 2.15 bits per heavy atom. The standard InChI is InChI=1S/C15H16N4O/c1-3-13(11-7-5-4-6-8-11)15(20)17-14-12(9-16)10-19(2)18-14/h4-8,10,13H,3H2,1-2H3,(H,17,18,20). The fourth-order valence-corrected chi connectivity index (χ4v) is 2.12. The summed E-state index contributed by atoms with van der Waals surface area (Å²) in [6.07, 6.45) is 2.27. The van der Waals surface area contributed by atoms with Gasteiger partial charge in [0.15, 0.2) is 5.82 Å². The Hall–Kier alpha value is -2.61. The normalized spacial score (nSPS) is 11.7.